The number of nitro groups is 1. The predicted molar refractivity (Wildman–Crippen MR) is 110 cm³/mol. The Balaban J connectivity index is 1.91. The van der Waals surface area contributed by atoms with Gasteiger partial charge in [0.2, 0.25) is 0 Å². The number of carbonyl (C=O) groups is 1. The van der Waals surface area contributed by atoms with Gasteiger partial charge in [0.1, 0.15) is 17.4 Å². The van der Waals surface area contributed by atoms with Crippen molar-refractivity contribution in [3.8, 4) is 11.8 Å². The molecular weight excluding hydrogens is 372 g/mol. The molecule has 0 spiro atoms. The number of amides is 1. The average Bonchev–Trinajstić information content (AvgIpc) is 3.26. The number of nitrogens with one attached hydrogen (secondary N) is 1. The van der Waals surface area contributed by atoms with Crippen LogP contribution in [0.1, 0.15) is 18.4 Å². The summed E-state index contributed by atoms with van der Waals surface area (Å²) >= 11 is 0. The highest BCUT2D eigenvalue weighted by Crippen LogP contribution is 2.30. The van der Waals surface area contributed by atoms with Gasteiger partial charge in [-0.25, -0.2) is 0 Å². The lowest BCUT2D eigenvalue weighted by molar-refractivity contribution is -0.384. The Morgan fingerprint density at radius 3 is 2.52 bits per heavy atom. The van der Waals surface area contributed by atoms with Crippen LogP contribution in [-0.2, 0) is 4.79 Å². The topological polar surface area (TPSA) is 108 Å². The minimum atomic E-state index is -0.587. The fourth-order valence-corrected chi connectivity index (χ4v) is 3.19. The maximum absolute atomic E-state index is 12.6. The first-order chi connectivity index (χ1) is 14.0. The Morgan fingerprint density at radius 1 is 1.24 bits per heavy atom. The van der Waals surface area contributed by atoms with E-state index in [1.165, 1.54) is 18.2 Å². The Kier molecular flexibility index (Phi) is 6.09. The molecule has 29 heavy (non-hydrogen) atoms. The fraction of sp³-hybridized carbons (Fsp3) is 0.238. The van der Waals surface area contributed by atoms with Gasteiger partial charge >= 0.3 is 0 Å². The highest BCUT2D eigenvalue weighted by Gasteiger charge is 2.19. The van der Waals surface area contributed by atoms with Crippen molar-refractivity contribution in [3.05, 3.63) is 63.7 Å². The van der Waals surface area contributed by atoms with E-state index in [0.29, 0.717) is 17.0 Å². The SMILES string of the molecule is COc1ccc(NC(=O)/C(C#N)=C/c2cc([N+](=O)[O-])ccc2N2CCCC2)cc1. The monoisotopic (exact) mass is 392 g/mol. The van der Waals surface area contributed by atoms with Crippen LogP contribution in [0.2, 0.25) is 0 Å². The molecule has 0 radical (unpaired) electrons. The van der Waals surface area contributed by atoms with Gasteiger partial charge < -0.3 is 15.0 Å². The number of rotatable bonds is 6. The standard InChI is InChI=1S/C21H20N4O4/c1-29-19-7-4-17(5-8-19)23-21(26)16(14-22)12-15-13-18(25(27)28)6-9-20(15)24-10-2-3-11-24/h4-9,12-13H,2-3,10-11H2,1H3,(H,23,26)/b16-12+. The minimum absolute atomic E-state index is 0.0907. The summed E-state index contributed by atoms with van der Waals surface area (Å²) in [5.74, 6) is 0.0578. The van der Waals surface area contributed by atoms with Gasteiger partial charge in [0.05, 0.1) is 12.0 Å². The number of anilines is 2. The molecule has 1 saturated heterocycles. The van der Waals surface area contributed by atoms with Gasteiger partial charge in [-0.1, -0.05) is 0 Å². The molecule has 0 bridgehead atoms. The van der Waals surface area contributed by atoms with Gasteiger partial charge in [0.15, 0.2) is 0 Å². The fourth-order valence-electron chi connectivity index (χ4n) is 3.19. The molecule has 0 aliphatic carbocycles. The number of hydrogen-bond acceptors (Lipinski definition) is 6. The first-order valence-electron chi connectivity index (χ1n) is 9.12. The number of nitro benzene ring substituents is 1. The van der Waals surface area contributed by atoms with Crippen molar-refractivity contribution in [2.24, 2.45) is 0 Å². The van der Waals surface area contributed by atoms with E-state index in [0.717, 1.165) is 31.6 Å². The summed E-state index contributed by atoms with van der Waals surface area (Å²) in [5.41, 5.74) is 1.53. The Labute approximate surface area is 168 Å². The van der Waals surface area contributed by atoms with Crippen LogP contribution in [0.3, 0.4) is 0 Å². The number of nitrogens with zero attached hydrogens (tertiary/aromatic N) is 3. The zero-order chi connectivity index (χ0) is 20.8. The predicted octanol–water partition coefficient (Wildman–Crippen LogP) is 3.75. The van der Waals surface area contributed by atoms with Gasteiger partial charge in [-0.05, 0) is 49.2 Å². The van der Waals surface area contributed by atoms with Crippen molar-refractivity contribution in [2.45, 2.75) is 12.8 Å². The summed E-state index contributed by atoms with van der Waals surface area (Å²) in [6.07, 6.45) is 3.46. The van der Waals surface area contributed by atoms with E-state index in [4.69, 9.17) is 4.74 Å². The van der Waals surface area contributed by atoms with E-state index in [1.54, 1.807) is 37.4 Å². The largest absolute Gasteiger partial charge is 0.497 e. The average molecular weight is 392 g/mol. The molecule has 3 rings (SSSR count). The maximum Gasteiger partial charge on any atom is 0.270 e. The summed E-state index contributed by atoms with van der Waals surface area (Å²) in [6.45, 7) is 1.66. The van der Waals surface area contributed by atoms with Crippen LogP contribution in [0.5, 0.6) is 5.75 Å². The highest BCUT2D eigenvalue weighted by molar-refractivity contribution is 6.10. The summed E-state index contributed by atoms with van der Waals surface area (Å²) in [7, 11) is 1.54. The molecule has 2 aromatic carbocycles. The van der Waals surface area contributed by atoms with Crippen LogP contribution in [0, 0.1) is 21.4 Å². The summed E-state index contributed by atoms with van der Waals surface area (Å²) < 4.78 is 5.08. The third-order valence-corrected chi connectivity index (χ3v) is 4.68. The minimum Gasteiger partial charge on any atom is -0.497 e. The molecule has 0 saturated carbocycles. The second-order valence-electron chi connectivity index (χ2n) is 6.55. The molecule has 1 amide bonds. The lowest BCUT2D eigenvalue weighted by Crippen LogP contribution is -2.19. The molecule has 8 nitrogen and oxygen atoms in total. The number of nitriles is 1. The van der Waals surface area contributed by atoms with Crippen molar-refractivity contribution in [2.75, 3.05) is 30.4 Å². The number of benzene rings is 2. The van der Waals surface area contributed by atoms with Crippen LogP contribution in [-0.4, -0.2) is 31.0 Å². The molecule has 1 aliphatic heterocycles. The van der Waals surface area contributed by atoms with Crippen molar-refractivity contribution in [1.29, 1.82) is 5.26 Å². The Bertz CT molecular complexity index is 987. The maximum atomic E-state index is 12.6. The van der Waals surface area contributed by atoms with Gasteiger partial charge in [0.25, 0.3) is 11.6 Å². The second-order valence-corrected chi connectivity index (χ2v) is 6.55. The molecule has 1 aliphatic rings. The smallest absolute Gasteiger partial charge is 0.270 e. The van der Waals surface area contributed by atoms with Crippen molar-refractivity contribution in [1.82, 2.24) is 0 Å². The van der Waals surface area contributed by atoms with Gasteiger partial charge in [-0.2, -0.15) is 5.26 Å². The molecule has 0 aromatic heterocycles. The lowest BCUT2D eigenvalue weighted by Gasteiger charge is -2.20. The van der Waals surface area contributed by atoms with Gasteiger partial charge in [-0.15, -0.1) is 0 Å². The van der Waals surface area contributed by atoms with E-state index in [1.807, 2.05) is 6.07 Å². The van der Waals surface area contributed by atoms with Crippen molar-refractivity contribution >= 4 is 29.0 Å². The molecule has 1 N–H and O–H groups in total. The number of non-ortho nitro benzene ring substituents is 1. The molecule has 148 valence electrons. The summed E-state index contributed by atoms with van der Waals surface area (Å²) in [6, 6.07) is 13.1. The van der Waals surface area contributed by atoms with E-state index in [2.05, 4.69) is 10.2 Å². The van der Waals surface area contributed by atoms with Crippen molar-refractivity contribution in [3.63, 3.8) is 0 Å². The Morgan fingerprint density at radius 2 is 1.93 bits per heavy atom. The van der Waals surface area contributed by atoms with E-state index >= 15 is 0 Å². The molecule has 8 heteroatoms. The molecule has 1 fully saturated rings. The zero-order valence-corrected chi connectivity index (χ0v) is 15.9. The molecular formula is C21H20N4O4. The number of hydrogen-bond donors (Lipinski definition) is 1. The number of ether oxygens (including phenoxy) is 1. The molecule has 2 aromatic rings. The first kappa shape index (κ1) is 19.9. The summed E-state index contributed by atoms with van der Waals surface area (Å²) in [5, 5.41) is 23.3. The normalized spacial score (nSPS) is 13.7. The van der Waals surface area contributed by atoms with Crippen LogP contribution in [0.4, 0.5) is 17.1 Å². The van der Waals surface area contributed by atoms with Crippen LogP contribution in [0.25, 0.3) is 6.08 Å². The first-order valence-corrected chi connectivity index (χ1v) is 9.12. The van der Waals surface area contributed by atoms with Gasteiger partial charge in [-0.3, -0.25) is 14.9 Å². The van der Waals surface area contributed by atoms with Crippen molar-refractivity contribution < 1.29 is 14.5 Å². The van der Waals surface area contributed by atoms with Crippen LogP contribution >= 0.6 is 0 Å². The van der Waals surface area contributed by atoms with E-state index in [9.17, 15) is 20.2 Å². The van der Waals surface area contributed by atoms with Gasteiger partial charge in [0, 0.05) is 42.2 Å². The second kappa shape index (κ2) is 8.89. The Hall–Kier alpha value is -3.86. The molecule has 1 heterocycles. The highest BCUT2D eigenvalue weighted by atomic mass is 16.6. The lowest BCUT2D eigenvalue weighted by atomic mass is 10.1. The van der Waals surface area contributed by atoms with E-state index < -0.39 is 10.8 Å². The number of carbonyl (C=O) groups excluding carboxylic acids is 1. The van der Waals surface area contributed by atoms with Crippen LogP contribution < -0.4 is 15.0 Å². The molecule has 0 atom stereocenters. The van der Waals surface area contributed by atoms with Crippen LogP contribution in [0.15, 0.2) is 48.0 Å². The van der Waals surface area contributed by atoms with E-state index in [-0.39, 0.29) is 11.3 Å². The summed E-state index contributed by atoms with van der Waals surface area (Å²) in [4.78, 5) is 25.4. The molecule has 0 unspecified atom stereocenters. The third-order valence-electron chi connectivity index (χ3n) is 4.68. The third kappa shape index (κ3) is 4.71. The zero-order valence-electron chi connectivity index (χ0n) is 15.9. The quantitative estimate of drug-likeness (QED) is 0.347. The number of methoxy groups -OCH3 is 1.